The second-order valence-corrected chi connectivity index (χ2v) is 7.12. The Morgan fingerprint density at radius 1 is 1.11 bits per heavy atom. The van der Waals surface area contributed by atoms with Crippen molar-refractivity contribution in [2.75, 3.05) is 11.2 Å². The van der Waals surface area contributed by atoms with E-state index < -0.39 is 0 Å². The van der Waals surface area contributed by atoms with Gasteiger partial charge in [0.1, 0.15) is 12.7 Å². The molecule has 0 fully saturated rings. The quantitative estimate of drug-likeness (QED) is 0.540. The van der Waals surface area contributed by atoms with Crippen LogP contribution in [-0.4, -0.2) is 36.1 Å². The van der Waals surface area contributed by atoms with Gasteiger partial charge in [0.05, 0.1) is 16.8 Å². The molecule has 0 spiro atoms. The largest absolute Gasteiger partial charge is 0.277 e. The predicted molar refractivity (Wildman–Crippen MR) is 106 cm³/mol. The summed E-state index contributed by atoms with van der Waals surface area (Å²) < 4.78 is 3.52. The van der Waals surface area contributed by atoms with Crippen molar-refractivity contribution in [3.8, 4) is 5.69 Å². The summed E-state index contributed by atoms with van der Waals surface area (Å²) in [7, 11) is 0. The minimum atomic E-state index is -0.141. The molecule has 0 saturated carbocycles. The number of aryl methyl sites for hydroxylation is 2. The number of thioether (sulfide) groups is 1. The maximum atomic E-state index is 12.4. The first kappa shape index (κ1) is 17.3. The molecule has 4 rings (SSSR count). The number of para-hydroxylation sites is 2. The average molecular weight is 378 g/mol. The van der Waals surface area contributed by atoms with Crippen LogP contribution in [0.25, 0.3) is 16.7 Å². The van der Waals surface area contributed by atoms with E-state index in [9.17, 15) is 4.79 Å². The van der Waals surface area contributed by atoms with Crippen molar-refractivity contribution < 1.29 is 4.79 Å². The van der Waals surface area contributed by atoms with E-state index in [0.29, 0.717) is 5.16 Å². The first-order valence-electron chi connectivity index (χ1n) is 8.44. The number of hydrogen-bond acceptors (Lipinski definition) is 5. The Morgan fingerprint density at radius 3 is 2.81 bits per heavy atom. The molecule has 0 atom stereocenters. The Hall–Kier alpha value is -3.13. The van der Waals surface area contributed by atoms with Crippen LogP contribution in [-0.2, 0) is 4.79 Å². The molecule has 2 aromatic heterocycles. The number of aromatic nitrogens is 5. The molecule has 0 aliphatic rings. The lowest BCUT2D eigenvalue weighted by molar-refractivity contribution is -0.114. The van der Waals surface area contributed by atoms with Gasteiger partial charge in [0, 0.05) is 5.69 Å². The molecule has 2 aromatic carbocycles. The van der Waals surface area contributed by atoms with Crippen LogP contribution in [0, 0.1) is 13.8 Å². The molecule has 27 heavy (non-hydrogen) atoms. The number of imidazole rings is 1. The number of nitrogens with zero attached hydrogens (tertiary/aromatic N) is 5. The minimum Gasteiger partial charge on any atom is -0.277 e. The zero-order valence-corrected chi connectivity index (χ0v) is 15.8. The van der Waals surface area contributed by atoms with Crippen molar-refractivity contribution in [1.29, 1.82) is 0 Å². The van der Waals surface area contributed by atoms with Crippen molar-refractivity contribution >= 4 is 28.7 Å². The smallest absolute Gasteiger partial charge is 0.249 e. The lowest BCUT2D eigenvalue weighted by Gasteiger charge is -2.09. The Morgan fingerprint density at radius 2 is 1.96 bits per heavy atom. The summed E-state index contributed by atoms with van der Waals surface area (Å²) in [6, 6.07) is 13.8. The van der Waals surface area contributed by atoms with Crippen molar-refractivity contribution in [1.82, 2.24) is 24.4 Å². The van der Waals surface area contributed by atoms with Gasteiger partial charge in [0.25, 0.3) is 0 Å². The van der Waals surface area contributed by atoms with Crippen molar-refractivity contribution in [3.63, 3.8) is 0 Å². The second kappa shape index (κ2) is 7.24. The molecule has 7 nitrogen and oxygen atoms in total. The van der Waals surface area contributed by atoms with Crippen molar-refractivity contribution in [2.24, 2.45) is 0 Å². The van der Waals surface area contributed by atoms with Gasteiger partial charge < -0.3 is 0 Å². The fraction of sp³-hybridized carbons (Fsp3) is 0.158. The van der Waals surface area contributed by atoms with E-state index in [4.69, 9.17) is 0 Å². The lowest BCUT2D eigenvalue weighted by Crippen LogP contribution is -2.23. The molecule has 0 bridgehead atoms. The van der Waals surface area contributed by atoms with E-state index in [1.807, 2.05) is 34.9 Å². The van der Waals surface area contributed by atoms with Crippen LogP contribution in [0.4, 0.5) is 0 Å². The minimum absolute atomic E-state index is 0.141. The van der Waals surface area contributed by atoms with Crippen LogP contribution in [0.5, 0.6) is 0 Å². The summed E-state index contributed by atoms with van der Waals surface area (Å²) in [5.74, 6) is 0.0774. The molecule has 0 radical (unpaired) electrons. The topological polar surface area (TPSA) is 77.6 Å². The number of carbonyl (C=O) groups excluding carboxylic acids is 1. The molecular formula is C19H18N6OS. The van der Waals surface area contributed by atoms with Gasteiger partial charge in [-0.1, -0.05) is 30.0 Å². The van der Waals surface area contributed by atoms with Crippen LogP contribution in [0.1, 0.15) is 11.1 Å². The normalized spacial score (nSPS) is 11.0. The molecule has 2 heterocycles. The highest BCUT2D eigenvalue weighted by atomic mass is 32.2. The van der Waals surface area contributed by atoms with E-state index >= 15 is 0 Å². The van der Waals surface area contributed by atoms with Gasteiger partial charge in [-0.25, -0.2) is 9.66 Å². The third-order valence-corrected chi connectivity index (χ3v) is 5.26. The maximum Gasteiger partial charge on any atom is 0.249 e. The highest BCUT2D eigenvalue weighted by molar-refractivity contribution is 7.99. The Balaban J connectivity index is 1.45. The van der Waals surface area contributed by atoms with E-state index in [1.54, 1.807) is 17.3 Å². The van der Waals surface area contributed by atoms with Crippen LogP contribution < -0.4 is 5.43 Å². The van der Waals surface area contributed by atoms with Crippen LogP contribution in [0.2, 0.25) is 0 Å². The predicted octanol–water partition coefficient (Wildman–Crippen LogP) is 3.10. The maximum absolute atomic E-state index is 12.4. The molecule has 0 aliphatic carbocycles. The number of benzene rings is 2. The third kappa shape index (κ3) is 3.56. The highest BCUT2D eigenvalue weighted by Gasteiger charge is 2.12. The number of amides is 1. The van der Waals surface area contributed by atoms with Gasteiger partial charge in [-0.3, -0.25) is 14.8 Å². The third-order valence-electron chi connectivity index (χ3n) is 4.32. The van der Waals surface area contributed by atoms with Crippen molar-refractivity contribution in [2.45, 2.75) is 19.0 Å². The summed E-state index contributed by atoms with van der Waals surface area (Å²) >= 11 is 1.34. The lowest BCUT2D eigenvalue weighted by atomic mass is 10.1. The number of nitrogens with one attached hydrogen (secondary N) is 1. The number of hydrogen-bond donors (Lipinski definition) is 1. The van der Waals surface area contributed by atoms with Gasteiger partial charge in [0.2, 0.25) is 5.91 Å². The molecule has 0 aliphatic heterocycles. The van der Waals surface area contributed by atoms with Crippen molar-refractivity contribution in [3.05, 3.63) is 66.2 Å². The summed E-state index contributed by atoms with van der Waals surface area (Å²) in [5.41, 5.74) is 7.93. The summed E-state index contributed by atoms with van der Waals surface area (Å²) in [4.78, 5) is 16.6. The van der Waals surface area contributed by atoms with E-state index in [0.717, 1.165) is 16.7 Å². The molecular weight excluding hydrogens is 360 g/mol. The zero-order chi connectivity index (χ0) is 18.8. The molecule has 4 aromatic rings. The van der Waals surface area contributed by atoms with Gasteiger partial charge in [-0.05, 0) is 49.2 Å². The van der Waals surface area contributed by atoms with Gasteiger partial charge in [0.15, 0.2) is 5.16 Å². The number of fused-ring (bicyclic) bond motifs is 1. The van der Waals surface area contributed by atoms with E-state index in [2.05, 4.69) is 46.6 Å². The number of carbonyl (C=O) groups is 1. The standard InChI is InChI=1S/C19H18N6OS/c1-13-7-8-15(9-14(13)2)24-12-21-22-19(24)27-10-18(26)23-25-11-20-16-5-3-4-6-17(16)25/h3-9,11-12H,10H2,1-2H3,(H,23,26). The monoisotopic (exact) mass is 378 g/mol. The van der Waals surface area contributed by atoms with Gasteiger partial charge in [-0.2, -0.15) is 0 Å². The van der Waals surface area contributed by atoms with E-state index in [-0.39, 0.29) is 11.7 Å². The van der Waals surface area contributed by atoms with Crippen LogP contribution in [0.3, 0.4) is 0 Å². The summed E-state index contributed by atoms with van der Waals surface area (Å²) in [6.45, 7) is 4.14. The first-order valence-corrected chi connectivity index (χ1v) is 9.43. The van der Waals surface area contributed by atoms with Crippen LogP contribution in [0.15, 0.2) is 60.3 Å². The second-order valence-electron chi connectivity index (χ2n) is 6.18. The SMILES string of the molecule is Cc1ccc(-n2cnnc2SCC(=O)Nn2cnc3ccccc32)cc1C. The fourth-order valence-electron chi connectivity index (χ4n) is 2.72. The summed E-state index contributed by atoms with van der Waals surface area (Å²) in [5, 5.41) is 8.80. The Kier molecular flexibility index (Phi) is 4.64. The molecule has 0 unspecified atom stereocenters. The zero-order valence-electron chi connectivity index (χ0n) is 15.0. The molecule has 1 N–H and O–H groups in total. The summed E-state index contributed by atoms with van der Waals surface area (Å²) in [6.07, 6.45) is 3.26. The van der Waals surface area contributed by atoms with Gasteiger partial charge >= 0.3 is 0 Å². The van der Waals surface area contributed by atoms with Gasteiger partial charge in [-0.15, -0.1) is 10.2 Å². The van der Waals surface area contributed by atoms with E-state index in [1.165, 1.54) is 22.9 Å². The molecule has 1 amide bonds. The molecule has 8 heteroatoms. The molecule has 0 saturated heterocycles. The highest BCUT2D eigenvalue weighted by Crippen LogP contribution is 2.21. The molecule has 136 valence electrons. The average Bonchev–Trinajstić information content (AvgIpc) is 3.30. The fourth-order valence-corrected chi connectivity index (χ4v) is 3.44. The first-order chi connectivity index (χ1) is 13.1. The Labute approximate surface area is 160 Å². The number of rotatable bonds is 5. The van der Waals surface area contributed by atoms with Crippen LogP contribution >= 0.6 is 11.8 Å². The Bertz CT molecular complexity index is 1120.